The van der Waals surface area contributed by atoms with Crippen molar-refractivity contribution in [3.05, 3.63) is 48.2 Å². The Morgan fingerprint density at radius 2 is 2.25 bits per heavy atom. The Morgan fingerprint density at radius 3 is 2.90 bits per heavy atom. The zero-order valence-corrected chi connectivity index (χ0v) is 11.7. The Hall–Kier alpha value is -2.30. The van der Waals surface area contributed by atoms with Crippen LogP contribution >= 0.6 is 0 Å². The molecule has 2 amide bonds. The van der Waals surface area contributed by atoms with Crippen molar-refractivity contribution in [3.8, 4) is 0 Å². The Bertz CT molecular complexity index is 535. The van der Waals surface area contributed by atoms with Gasteiger partial charge in [0.15, 0.2) is 0 Å². The van der Waals surface area contributed by atoms with Gasteiger partial charge in [-0.25, -0.2) is 4.79 Å². The summed E-state index contributed by atoms with van der Waals surface area (Å²) in [6.07, 6.45) is 4.93. The van der Waals surface area contributed by atoms with Gasteiger partial charge in [-0.15, -0.1) is 0 Å². The van der Waals surface area contributed by atoms with Crippen LogP contribution in [-0.2, 0) is 6.42 Å². The van der Waals surface area contributed by atoms with Gasteiger partial charge in [0.25, 0.3) is 0 Å². The van der Waals surface area contributed by atoms with Crippen molar-refractivity contribution in [2.24, 2.45) is 0 Å². The molecule has 0 aliphatic carbocycles. The number of carbonyl (C=O) groups is 1. The summed E-state index contributed by atoms with van der Waals surface area (Å²) in [7, 11) is 0. The van der Waals surface area contributed by atoms with E-state index >= 15 is 0 Å². The van der Waals surface area contributed by atoms with E-state index in [4.69, 9.17) is 4.42 Å². The molecule has 0 aliphatic heterocycles. The summed E-state index contributed by atoms with van der Waals surface area (Å²) in [6, 6.07) is 7.34. The lowest BCUT2D eigenvalue weighted by molar-refractivity contribution is 0.248. The highest BCUT2D eigenvalue weighted by Crippen LogP contribution is 2.07. The Kier molecular flexibility index (Phi) is 4.76. The minimum absolute atomic E-state index is 0.0681. The molecule has 2 rings (SSSR count). The molecule has 5 heteroatoms. The number of hydrogen-bond acceptors (Lipinski definition) is 3. The van der Waals surface area contributed by atoms with Gasteiger partial charge in [-0.1, -0.05) is 0 Å². The summed E-state index contributed by atoms with van der Waals surface area (Å²) in [5.41, 5.74) is 1.61. The van der Waals surface area contributed by atoms with E-state index in [1.165, 1.54) is 0 Å². The Balaban J connectivity index is 1.74. The molecule has 0 fully saturated rings. The van der Waals surface area contributed by atoms with Gasteiger partial charge >= 0.3 is 6.03 Å². The lowest BCUT2D eigenvalue weighted by atomic mass is 10.1. The van der Waals surface area contributed by atoms with Gasteiger partial charge in [0.2, 0.25) is 0 Å². The third-order valence-electron chi connectivity index (χ3n) is 2.95. The maximum atomic E-state index is 11.8. The van der Waals surface area contributed by atoms with Crippen LogP contribution in [0.4, 0.5) is 10.5 Å². The van der Waals surface area contributed by atoms with Crippen molar-refractivity contribution in [1.29, 1.82) is 0 Å². The molecule has 0 aliphatic rings. The number of anilines is 1. The molecular formula is C15H19N3O2. The van der Waals surface area contributed by atoms with Gasteiger partial charge < -0.3 is 15.1 Å². The lowest BCUT2D eigenvalue weighted by Gasteiger charge is -2.14. The first kappa shape index (κ1) is 14.1. The van der Waals surface area contributed by atoms with E-state index in [0.717, 1.165) is 24.3 Å². The van der Waals surface area contributed by atoms with Crippen molar-refractivity contribution in [2.75, 3.05) is 5.32 Å². The van der Waals surface area contributed by atoms with Gasteiger partial charge in [-0.05, 0) is 44.5 Å². The highest BCUT2D eigenvalue weighted by Gasteiger charge is 2.08. The summed E-state index contributed by atoms with van der Waals surface area (Å²) >= 11 is 0. The number of urea groups is 1. The second-order valence-corrected chi connectivity index (χ2v) is 4.81. The Morgan fingerprint density at radius 1 is 1.40 bits per heavy atom. The van der Waals surface area contributed by atoms with Crippen LogP contribution in [-0.4, -0.2) is 17.1 Å². The van der Waals surface area contributed by atoms with Crippen molar-refractivity contribution in [2.45, 2.75) is 32.7 Å². The topological polar surface area (TPSA) is 67.2 Å². The predicted molar refractivity (Wildman–Crippen MR) is 77.6 cm³/mol. The molecule has 5 nitrogen and oxygen atoms in total. The standard InChI is InChI=1S/C15H19N3O2/c1-11-5-7-13(10-16-11)18-15(19)17-12(2)6-8-14-4-3-9-20-14/h3-5,7,9-10,12H,6,8H2,1-2H3,(H2,17,18,19). The Labute approximate surface area is 118 Å². The number of carbonyl (C=O) groups excluding carboxylic acids is 1. The number of aromatic nitrogens is 1. The van der Waals surface area contributed by atoms with Gasteiger partial charge in [0, 0.05) is 18.2 Å². The summed E-state index contributed by atoms with van der Waals surface area (Å²) in [6.45, 7) is 3.87. The first-order chi connectivity index (χ1) is 9.63. The van der Waals surface area contributed by atoms with Crippen molar-refractivity contribution in [3.63, 3.8) is 0 Å². The van der Waals surface area contributed by atoms with E-state index in [1.807, 2.05) is 38.1 Å². The largest absolute Gasteiger partial charge is 0.469 e. The van der Waals surface area contributed by atoms with Crippen LogP contribution in [0.25, 0.3) is 0 Å². The molecule has 106 valence electrons. The molecule has 0 bridgehead atoms. The van der Waals surface area contributed by atoms with Gasteiger partial charge in [0.05, 0.1) is 18.1 Å². The second-order valence-electron chi connectivity index (χ2n) is 4.81. The maximum Gasteiger partial charge on any atom is 0.319 e. The third kappa shape index (κ3) is 4.42. The number of nitrogens with zero attached hydrogens (tertiary/aromatic N) is 1. The first-order valence-electron chi connectivity index (χ1n) is 6.66. The van der Waals surface area contributed by atoms with Crippen LogP contribution < -0.4 is 10.6 Å². The number of rotatable bonds is 5. The molecule has 0 saturated heterocycles. The van der Waals surface area contributed by atoms with E-state index in [1.54, 1.807) is 12.5 Å². The highest BCUT2D eigenvalue weighted by molar-refractivity contribution is 5.89. The fraction of sp³-hybridized carbons (Fsp3) is 0.333. The number of hydrogen-bond donors (Lipinski definition) is 2. The van der Waals surface area contributed by atoms with E-state index in [-0.39, 0.29) is 12.1 Å². The summed E-state index contributed by atoms with van der Waals surface area (Å²) in [5, 5.41) is 5.64. The highest BCUT2D eigenvalue weighted by atomic mass is 16.3. The molecule has 0 saturated carbocycles. The molecule has 0 radical (unpaired) electrons. The number of amides is 2. The predicted octanol–water partition coefficient (Wildman–Crippen LogP) is 3.13. The van der Waals surface area contributed by atoms with Crippen molar-refractivity contribution < 1.29 is 9.21 Å². The van der Waals surface area contributed by atoms with Crippen LogP contribution in [0.1, 0.15) is 24.8 Å². The van der Waals surface area contributed by atoms with Crippen LogP contribution in [0.2, 0.25) is 0 Å². The van der Waals surface area contributed by atoms with Crippen LogP contribution in [0.3, 0.4) is 0 Å². The molecule has 2 heterocycles. The van der Waals surface area contributed by atoms with E-state index < -0.39 is 0 Å². The lowest BCUT2D eigenvalue weighted by Crippen LogP contribution is -2.36. The smallest absolute Gasteiger partial charge is 0.319 e. The monoisotopic (exact) mass is 273 g/mol. The maximum absolute atomic E-state index is 11.8. The molecule has 20 heavy (non-hydrogen) atoms. The average molecular weight is 273 g/mol. The van der Waals surface area contributed by atoms with Crippen molar-refractivity contribution >= 4 is 11.7 Å². The molecule has 1 atom stereocenters. The number of nitrogens with one attached hydrogen (secondary N) is 2. The van der Waals surface area contributed by atoms with Gasteiger partial charge in [-0.2, -0.15) is 0 Å². The minimum Gasteiger partial charge on any atom is -0.469 e. The van der Waals surface area contributed by atoms with E-state index in [0.29, 0.717) is 5.69 Å². The third-order valence-corrected chi connectivity index (χ3v) is 2.95. The molecule has 1 unspecified atom stereocenters. The zero-order chi connectivity index (χ0) is 14.4. The fourth-order valence-electron chi connectivity index (χ4n) is 1.82. The van der Waals surface area contributed by atoms with Crippen LogP contribution in [0, 0.1) is 6.92 Å². The normalized spacial score (nSPS) is 11.9. The molecule has 2 N–H and O–H groups in total. The van der Waals surface area contributed by atoms with Crippen LogP contribution in [0.15, 0.2) is 41.1 Å². The molecule has 0 aromatic carbocycles. The van der Waals surface area contributed by atoms with E-state index in [9.17, 15) is 4.79 Å². The number of aryl methyl sites for hydroxylation is 2. The minimum atomic E-state index is -0.220. The van der Waals surface area contributed by atoms with E-state index in [2.05, 4.69) is 15.6 Å². The molecule has 2 aromatic rings. The molecule has 0 spiro atoms. The summed E-state index contributed by atoms with van der Waals surface area (Å²) < 4.78 is 5.26. The van der Waals surface area contributed by atoms with Crippen molar-refractivity contribution in [1.82, 2.24) is 10.3 Å². The SMILES string of the molecule is Cc1ccc(NC(=O)NC(C)CCc2ccco2)cn1. The average Bonchev–Trinajstić information content (AvgIpc) is 2.92. The summed E-state index contributed by atoms with van der Waals surface area (Å²) in [5.74, 6) is 0.932. The molecular weight excluding hydrogens is 254 g/mol. The second kappa shape index (κ2) is 6.75. The van der Waals surface area contributed by atoms with Gasteiger partial charge in [-0.3, -0.25) is 4.98 Å². The zero-order valence-electron chi connectivity index (χ0n) is 11.7. The number of furan rings is 1. The number of pyridine rings is 1. The van der Waals surface area contributed by atoms with Crippen LogP contribution in [0.5, 0.6) is 0 Å². The molecule has 2 aromatic heterocycles. The fourth-order valence-corrected chi connectivity index (χ4v) is 1.82. The summed E-state index contributed by atoms with van der Waals surface area (Å²) in [4.78, 5) is 15.9. The first-order valence-corrected chi connectivity index (χ1v) is 6.66. The van der Waals surface area contributed by atoms with Gasteiger partial charge in [0.1, 0.15) is 5.76 Å². The quantitative estimate of drug-likeness (QED) is 0.879.